The lowest BCUT2D eigenvalue weighted by atomic mass is 10.0. The third-order valence-corrected chi connectivity index (χ3v) is 6.26. The number of rotatable bonds is 9. The largest absolute Gasteiger partial charge is 0.494 e. The molecule has 0 spiro atoms. The second-order valence-corrected chi connectivity index (χ2v) is 8.47. The van der Waals surface area contributed by atoms with Gasteiger partial charge in [0.2, 0.25) is 0 Å². The minimum absolute atomic E-state index is 0.0758. The minimum Gasteiger partial charge on any atom is -0.494 e. The smallest absolute Gasteiger partial charge is 0.307 e. The van der Waals surface area contributed by atoms with Gasteiger partial charge in [-0.25, -0.2) is 9.97 Å². The van der Waals surface area contributed by atoms with Crippen LogP contribution in [0.25, 0.3) is 11.3 Å². The summed E-state index contributed by atoms with van der Waals surface area (Å²) in [7, 11) is 0. The van der Waals surface area contributed by atoms with Crippen LogP contribution in [0.3, 0.4) is 0 Å². The zero-order valence-corrected chi connectivity index (χ0v) is 18.2. The highest BCUT2D eigenvalue weighted by molar-refractivity contribution is 7.99. The molecular formula is C24H25N3O3S. The van der Waals surface area contributed by atoms with Gasteiger partial charge in [-0.15, -0.1) is 11.8 Å². The fourth-order valence-corrected chi connectivity index (χ4v) is 4.71. The number of benzene rings is 2. The molecular weight excluding hydrogens is 410 g/mol. The van der Waals surface area contributed by atoms with Gasteiger partial charge in [0.15, 0.2) is 0 Å². The van der Waals surface area contributed by atoms with Crippen molar-refractivity contribution in [2.24, 2.45) is 0 Å². The Bertz CT molecular complexity index is 1090. The molecule has 2 heterocycles. The van der Waals surface area contributed by atoms with Gasteiger partial charge >= 0.3 is 5.97 Å². The molecule has 1 aromatic heterocycles. The van der Waals surface area contributed by atoms with Gasteiger partial charge in [0, 0.05) is 34.4 Å². The molecule has 0 aliphatic carbocycles. The van der Waals surface area contributed by atoms with Gasteiger partial charge in [0.05, 0.1) is 18.7 Å². The number of carboxylic acids is 1. The zero-order chi connectivity index (χ0) is 21.6. The number of anilines is 1. The lowest BCUT2D eigenvalue weighted by Crippen LogP contribution is -2.07. The fourth-order valence-electron chi connectivity index (χ4n) is 3.65. The zero-order valence-electron chi connectivity index (χ0n) is 17.4. The van der Waals surface area contributed by atoms with Crippen LogP contribution in [-0.4, -0.2) is 39.9 Å². The SMILES string of the molecule is CCOc1cc(-c2cc(NCCc3ccc4c(c3)CCS4)ncn2)ccc1CC(=O)O. The van der Waals surface area contributed by atoms with Crippen molar-refractivity contribution in [2.75, 3.05) is 24.2 Å². The first-order valence-corrected chi connectivity index (χ1v) is 11.4. The standard InChI is InChI=1S/C24H25N3O3S/c1-2-30-21-12-17(4-5-18(21)13-24(28)29)20-14-23(27-15-26-20)25-9-7-16-3-6-22-19(11-16)8-10-31-22/h3-6,11-12,14-15H,2,7-10,13H2,1H3,(H,28,29)(H,25,26,27). The monoisotopic (exact) mass is 435 g/mol. The number of nitrogens with one attached hydrogen (secondary N) is 1. The fraction of sp³-hybridized carbons (Fsp3) is 0.292. The lowest BCUT2D eigenvalue weighted by molar-refractivity contribution is -0.136. The van der Waals surface area contributed by atoms with E-state index in [2.05, 4.69) is 33.5 Å². The number of thioether (sulfide) groups is 1. The summed E-state index contributed by atoms with van der Waals surface area (Å²) in [6, 6.07) is 14.2. The van der Waals surface area contributed by atoms with Crippen LogP contribution >= 0.6 is 11.8 Å². The molecule has 0 atom stereocenters. The second-order valence-electron chi connectivity index (χ2n) is 7.33. The van der Waals surface area contributed by atoms with E-state index in [1.54, 1.807) is 6.07 Å². The van der Waals surface area contributed by atoms with E-state index in [0.717, 1.165) is 36.5 Å². The quantitative estimate of drug-likeness (QED) is 0.513. The second kappa shape index (κ2) is 9.83. The van der Waals surface area contributed by atoms with Crippen molar-refractivity contribution in [3.8, 4) is 17.0 Å². The molecule has 6 nitrogen and oxygen atoms in total. The van der Waals surface area contributed by atoms with E-state index in [1.807, 2.05) is 36.9 Å². The van der Waals surface area contributed by atoms with Crippen LogP contribution < -0.4 is 10.1 Å². The maximum Gasteiger partial charge on any atom is 0.307 e. The Labute approximate surface area is 186 Å². The van der Waals surface area contributed by atoms with Crippen LogP contribution in [0.1, 0.15) is 23.6 Å². The Kier molecular flexibility index (Phi) is 6.72. The molecule has 0 amide bonds. The normalized spacial score (nSPS) is 12.4. The summed E-state index contributed by atoms with van der Waals surface area (Å²) in [5.41, 5.74) is 5.06. The third kappa shape index (κ3) is 5.35. The molecule has 1 aliphatic heterocycles. The highest BCUT2D eigenvalue weighted by Crippen LogP contribution is 2.32. The first-order chi connectivity index (χ1) is 15.1. The molecule has 4 rings (SSSR count). The number of ether oxygens (including phenoxy) is 1. The number of carbonyl (C=O) groups is 1. The first kappa shape index (κ1) is 21.2. The molecule has 0 unspecified atom stereocenters. The van der Waals surface area contributed by atoms with E-state index < -0.39 is 5.97 Å². The van der Waals surface area contributed by atoms with E-state index in [0.29, 0.717) is 17.9 Å². The molecule has 2 N–H and O–H groups in total. The molecule has 0 saturated heterocycles. The van der Waals surface area contributed by atoms with Crippen molar-refractivity contribution in [2.45, 2.75) is 31.1 Å². The van der Waals surface area contributed by atoms with Gasteiger partial charge in [-0.05, 0) is 43.0 Å². The van der Waals surface area contributed by atoms with Crippen molar-refractivity contribution >= 4 is 23.5 Å². The van der Waals surface area contributed by atoms with Crippen molar-refractivity contribution in [3.63, 3.8) is 0 Å². The van der Waals surface area contributed by atoms with Gasteiger partial charge < -0.3 is 15.2 Å². The van der Waals surface area contributed by atoms with Gasteiger partial charge in [0.25, 0.3) is 0 Å². The highest BCUT2D eigenvalue weighted by Gasteiger charge is 2.12. The van der Waals surface area contributed by atoms with Gasteiger partial charge in [-0.3, -0.25) is 4.79 Å². The molecule has 1 aliphatic rings. The maximum atomic E-state index is 11.1. The van der Waals surface area contributed by atoms with Crippen LogP contribution in [0, 0.1) is 0 Å². The Hall–Kier alpha value is -3.06. The topological polar surface area (TPSA) is 84.3 Å². The molecule has 7 heteroatoms. The Morgan fingerprint density at radius 3 is 2.94 bits per heavy atom. The van der Waals surface area contributed by atoms with E-state index >= 15 is 0 Å². The van der Waals surface area contributed by atoms with Crippen LogP contribution in [0.4, 0.5) is 5.82 Å². The van der Waals surface area contributed by atoms with Crippen LogP contribution in [0.5, 0.6) is 5.75 Å². The number of nitrogens with zero attached hydrogens (tertiary/aromatic N) is 2. The molecule has 2 aromatic carbocycles. The number of aryl methyl sites for hydroxylation is 1. The van der Waals surface area contributed by atoms with E-state index in [1.165, 1.54) is 28.1 Å². The summed E-state index contributed by atoms with van der Waals surface area (Å²) in [6.07, 6.45) is 3.55. The molecule has 0 fully saturated rings. The van der Waals surface area contributed by atoms with Crippen LogP contribution in [0.15, 0.2) is 53.7 Å². The molecule has 0 bridgehead atoms. The van der Waals surface area contributed by atoms with Crippen molar-refractivity contribution in [1.29, 1.82) is 0 Å². The predicted molar refractivity (Wildman–Crippen MR) is 123 cm³/mol. The number of carboxylic acid groups (broad SMARTS) is 1. The van der Waals surface area contributed by atoms with E-state index in [9.17, 15) is 4.79 Å². The van der Waals surface area contributed by atoms with E-state index in [4.69, 9.17) is 9.84 Å². The summed E-state index contributed by atoms with van der Waals surface area (Å²) >= 11 is 1.93. The lowest BCUT2D eigenvalue weighted by Gasteiger charge is -2.12. The van der Waals surface area contributed by atoms with Crippen LogP contribution in [-0.2, 0) is 24.1 Å². The summed E-state index contributed by atoms with van der Waals surface area (Å²) in [5.74, 6) is 1.63. The van der Waals surface area contributed by atoms with Gasteiger partial charge in [0.1, 0.15) is 17.9 Å². The van der Waals surface area contributed by atoms with Gasteiger partial charge in [-0.1, -0.05) is 24.3 Å². The average Bonchev–Trinajstić information content (AvgIpc) is 3.23. The summed E-state index contributed by atoms with van der Waals surface area (Å²) in [5, 5.41) is 12.5. The predicted octanol–water partition coefficient (Wildman–Crippen LogP) is 4.47. The first-order valence-electron chi connectivity index (χ1n) is 10.4. The van der Waals surface area contributed by atoms with Crippen LogP contribution in [0.2, 0.25) is 0 Å². The van der Waals surface area contributed by atoms with E-state index in [-0.39, 0.29) is 6.42 Å². The van der Waals surface area contributed by atoms with Gasteiger partial charge in [-0.2, -0.15) is 0 Å². The summed E-state index contributed by atoms with van der Waals surface area (Å²) in [6.45, 7) is 3.13. The van der Waals surface area contributed by atoms with Crippen molar-refractivity contribution in [3.05, 3.63) is 65.5 Å². The number of aliphatic carboxylic acids is 1. The third-order valence-electron chi connectivity index (χ3n) is 5.15. The molecule has 3 aromatic rings. The Balaban J connectivity index is 1.44. The Morgan fingerprint density at radius 2 is 2.10 bits per heavy atom. The highest BCUT2D eigenvalue weighted by atomic mass is 32.2. The number of hydrogen-bond acceptors (Lipinski definition) is 6. The molecule has 160 valence electrons. The average molecular weight is 436 g/mol. The maximum absolute atomic E-state index is 11.1. The number of fused-ring (bicyclic) bond motifs is 1. The van der Waals surface area contributed by atoms with Crippen molar-refractivity contribution < 1.29 is 14.6 Å². The summed E-state index contributed by atoms with van der Waals surface area (Å²) in [4.78, 5) is 21.2. The number of hydrogen-bond donors (Lipinski definition) is 2. The minimum atomic E-state index is -0.885. The molecule has 0 saturated carbocycles. The molecule has 0 radical (unpaired) electrons. The van der Waals surface area contributed by atoms with Crippen molar-refractivity contribution in [1.82, 2.24) is 9.97 Å². The Morgan fingerprint density at radius 1 is 1.19 bits per heavy atom. The number of aromatic nitrogens is 2. The molecule has 31 heavy (non-hydrogen) atoms. The summed E-state index contributed by atoms with van der Waals surface area (Å²) < 4.78 is 5.65.